The Bertz CT molecular complexity index is 596. The van der Waals surface area contributed by atoms with E-state index in [2.05, 4.69) is 19.9 Å². The quantitative estimate of drug-likeness (QED) is 0.721. The van der Waals surface area contributed by atoms with Crippen molar-refractivity contribution >= 4 is 5.78 Å². The minimum Gasteiger partial charge on any atom is -0.393 e. The van der Waals surface area contributed by atoms with Crippen LogP contribution < -0.4 is 0 Å². The van der Waals surface area contributed by atoms with Crippen molar-refractivity contribution in [2.75, 3.05) is 0 Å². The molecule has 3 nitrogen and oxygen atoms in total. The van der Waals surface area contributed by atoms with Gasteiger partial charge in [0.05, 0.1) is 11.7 Å². The zero-order valence-corrected chi connectivity index (χ0v) is 15.3. The van der Waals surface area contributed by atoms with Crippen molar-refractivity contribution in [3.8, 4) is 0 Å². The Morgan fingerprint density at radius 1 is 1.12 bits per heavy atom. The average Bonchev–Trinajstić information content (AvgIpc) is 2.80. The van der Waals surface area contributed by atoms with Crippen LogP contribution in [0, 0.1) is 28.6 Å². The number of carbonyl (C=O) groups excluding carboxylic acids is 1. The number of aliphatic hydroxyl groups is 2. The van der Waals surface area contributed by atoms with Crippen molar-refractivity contribution in [2.45, 2.75) is 83.8 Å². The van der Waals surface area contributed by atoms with E-state index in [4.69, 9.17) is 0 Å². The van der Waals surface area contributed by atoms with Crippen molar-refractivity contribution < 1.29 is 15.0 Å². The minimum atomic E-state index is -0.701. The van der Waals surface area contributed by atoms with Gasteiger partial charge in [0.15, 0.2) is 0 Å². The van der Waals surface area contributed by atoms with Crippen LogP contribution in [-0.2, 0) is 4.79 Å². The third-order valence-corrected chi connectivity index (χ3v) is 8.76. The Morgan fingerprint density at radius 2 is 1.88 bits per heavy atom. The SMILES string of the molecule is CC(=O)[C@H]1CC[C@]2(O)[C@H]3CC=C4C[C@@H](O)CC[C@]4(C)[C@@H]3CC[C@]12C. The second-order valence-corrected chi connectivity index (χ2v) is 9.57. The van der Waals surface area contributed by atoms with E-state index < -0.39 is 5.60 Å². The highest BCUT2D eigenvalue weighted by Crippen LogP contribution is 2.67. The molecule has 134 valence electrons. The molecule has 24 heavy (non-hydrogen) atoms. The van der Waals surface area contributed by atoms with Crippen LogP contribution >= 0.6 is 0 Å². The Hall–Kier alpha value is -0.670. The van der Waals surface area contributed by atoms with E-state index in [1.807, 2.05) is 0 Å². The molecule has 0 aromatic rings. The van der Waals surface area contributed by atoms with Crippen LogP contribution in [-0.4, -0.2) is 27.7 Å². The molecule has 0 aliphatic heterocycles. The zero-order valence-electron chi connectivity index (χ0n) is 15.3. The smallest absolute Gasteiger partial charge is 0.133 e. The first-order valence-corrected chi connectivity index (χ1v) is 9.83. The summed E-state index contributed by atoms with van der Waals surface area (Å²) in [6.45, 7) is 6.25. The van der Waals surface area contributed by atoms with Crippen LogP contribution in [0.15, 0.2) is 11.6 Å². The van der Waals surface area contributed by atoms with Gasteiger partial charge in [-0.1, -0.05) is 25.5 Å². The molecule has 4 aliphatic rings. The first kappa shape index (κ1) is 16.8. The number of aliphatic hydroxyl groups excluding tert-OH is 1. The fourth-order valence-corrected chi connectivity index (χ4v) is 7.26. The number of fused-ring (bicyclic) bond motifs is 5. The van der Waals surface area contributed by atoms with Crippen LogP contribution in [0.2, 0.25) is 0 Å². The monoisotopic (exact) mass is 332 g/mol. The van der Waals surface area contributed by atoms with Crippen LogP contribution in [0.1, 0.15) is 72.1 Å². The van der Waals surface area contributed by atoms with Crippen LogP contribution in [0.5, 0.6) is 0 Å². The molecule has 3 heteroatoms. The number of carbonyl (C=O) groups is 1. The maximum absolute atomic E-state index is 12.2. The summed E-state index contributed by atoms with van der Waals surface area (Å²) in [6, 6.07) is 0. The molecule has 4 rings (SSSR count). The number of rotatable bonds is 1. The molecule has 0 bridgehead atoms. The molecule has 3 fully saturated rings. The Labute approximate surface area is 145 Å². The lowest BCUT2D eigenvalue weighted by Gasteiger charge is -2.61. The van der Waals surface area contributed by atoms with E-state index in [9.17, 15) is 15.0 Å². The summed E-state index contributed by atoms with van der Waals surface area (Å²) < 4.78 is 0. The summed E-state index contributed by atoms with van der Waals surface area (Å²) >= 11 is 0. The molecule has 0 heterocycles. The largest absolute Gasteiger partial charge is 0.393 e. The van der Waals surface area contributed by atoms with E-state index in [1.54, 1.807) is 6.92 Å². The molecule has 0 unspecified atom stereocenters. The van der Waals surface area contributed by atoms with Gasteiger partial charge in [0.1, 0.15) is 5.78 Å². The van der Waals surface area contributed by atoms with E-state index in [1.165, 1.54) is 5.57 Å². The number of allylic oxidation sites excluding steroid dienone is 1. The predicted molar refractivity (Wildman–Crippen MR) is 93.3 cm³/mol. The average molecular weight is 332 g/mol. The Kier molecular flexibility index (Phi) is 3.61. The number of hydrogen-bond donors (Lipinski definition) is 2. The fraction of sp³-hybridized carbons (Fsp3) is 0.857. The van der Waals surface area contributed by atoms with Gasteiger partial charge >= 0.3 is 0 Å². The Balaban J connectivity index is 1.72. The lowest BCUT2D eigenvalue weighted by Crippen LogP contribution is -2.60. The number of ketones is 1. The lowest BCUT2D eigenvalue weighted by molar-refractivity contribution is -0.181. The van der Waals surface area contributed by atoms with Crippen molar-refractivity contribution in [1.29, 1.82) is 0 Å². The van der Waals surface area contributed by atoms with Gasteiger partial charge in [-0.25, -0.2) is 0 Å². The van der Waals surface area contributed by atoms with Gasteiger partial charge in [-0.05, 0) is 75.5 Å². The molecule has 0 aromatic carbocycles. The fourth-order valence-electron chi connectivity index (χ4n) is 7.26. The van der Waals surface area contributed by atoms with Crippen molar-refractivity contribution in [3.05, 3.63) is 11.6 Å². The van der Waals surface area contributed by atoms with E-state index in [-0.39, 0.29) is 34.6 Å². The highest BCUT2D eigenvalue weighted by molar-refractivity contribution is 5.80. The summed E-state index contributed by atoms with van der Waals surface area (Å²) in [5, 5.41) is 21.9. The summed E-state index contributed by atoms with van der Waals surface area (Å²) in [7, 11) is 0. The normalized spacial score (nSPS) is 53.6. The summed E-state index contributed by atoms with van der Waals surface area (Å²) in [4.78, 5) is 12.2. The number of Topliss-reactive ketones (excluding diaryl/α,β-unsaturated/α-hetero) is 1. The maximum Gasteiger partial charge on any atom is 0.133 e. The predicted octanol–water partition coefficient (Wildman–Crippen LogP) is 3.63. The van der Waals surface area contributed by atoms with Gasteiger partial charge in [0, 0.05) is 11.3 Å². The highest BCUT2D eigenvalue weighted by atomic mass is 16.3. The maximum atomic E-state index is 12.2. The molecule has 4 aliphatic carbocycles. The van der Waals surface area contributed by atoms with Crippen molar-refractivity contribution in [2.24, 2.45) is 28.6 Å². The van der Waals surface area contributed by atoms with Gasteiger partial charge in [0.25, 0.3) is 0 Å². The van der Waals surface area contributed by atoms with Gasteiger partial charge in [-0.15, -0.1) is 0 Å². The second-order valence-electron chi connectivity index (χ2n) is 9.57. The van der Waals surface area contributed by atoms with E-state index >= 15 is 0 Å². The second kappa shape index (κ2) is 5.17. The number of hydrogen-bond acceptors (Lipinski definition) is 3. The zero-order chi connectivity index (χ0) is 17.3. The molecule has 7 atom stereocenters. The molecular weight excluding hydrogens is 300 g/mol. The summed E-state index contributed by atoms with van der Waals surface area (Å²) in [6.07, 6.45) is 9.46. The van der Waals surface area contributed by atoms with Crippen molar-refractivity contribution in [3.63, 3.8) is 0 Å². The molecule has 0 amide bonds. The van der Waals surface area contributed by atoms with Crippen LogP contribution in [0.25, 0.3) is 0 Å². The first-order valence-electron chi connectivity index (χ1n) is 9.83. The molecular formula is C21H32O3. The van der Waals surface area contributed by atoms with E-state index in [0.29, 0.717) is 5.92 Å². The van der Waals surface area contributed by atoms with E-state index in [0.717, 1.165) is 51.4 Å². The molecule has 2 N–H and O–H groups in total. The highest BCUT2D eigenvalue weighted by Gasteiger charge is 2.66. The van der Waals surface area contributed by atoms with Crippen LogP contribution in [0.4, 0.5) is 0 Å². The van der Waals surface area contributed by atoms with Crippen molar-refractivity contribution in [1.82, 2.24) is 0 Å². The molecule has 0 saturated heterocycles. The molecule has 3 saturated carbocycles. The van der Waals surface area contributed by atoms with Gasteiger partial charge in [-0.3, -0.25) is 4.79 Å². The summed E-state index contributed by atoms with van der Waals surface area (Å²) in [5.41, 5.74) is 0.604. The summed E-state index contributed by atoms with van der Waals surface area (Å²) in [5.74, 6) is 1.04. The van der Waals surface area contributed by atoms with Gasteiger partial charge in [-0.2, -0.15) is 0 Å². The van der Waals surface area contributed by atoms with Crippen LogP contribution in [0.3, 0.4) is 0 Å². The lowest BCUT2D eigenvalue weighted by atomic mass is 9.45. The molecule has 0 radical (unpaired) electrons. The molecule has 0 aromatic heterocycles. The molecule has 0 spiro atoms. The Morgan fingerprint density at radius 3 is 2.58 bits per heavy atom. The third kappa shape index (κ3) is 1.94. The first-order chi connectivity index (χ1) is 11.2. The topological polar surface area (TPSA) is 57.5 Å². The standard InChI is InChI=1S/C21H32O3/c1-13(22)16-8-11-21(24)18-5-4-14-12-15(23)6-9-19(14,2)17(18)7-10-20(16,21)3/h4,15-18,23-24H,5-12H2,1-3H3/t15-,16+,17+,18-,19-,20+,21-/m0/s1. The van der Waals surface area contributed by atoms with Gasteiger partial charge < -0.3 is 10.2 Å². The minimum absolute atomic E-state index is 0.0230. The third-order valence-electron chi connectivity index (χ3n) is 8.76. The van der Waals surface area contributed by atoms with Gasteiger partial charge in [0.2, 0.25) is 0 Å².